The molecule has 0 saturated heterocycles. The zero-order valence-corrected chi connectivity index (χ0v) is 88.4. The number of hydrogen-bond acceptors (Lipinski definition) is 0. The predicted molar refractivity (Wildman–Crippen MR) is 507 cm³/mol. The van der Waals surface area contributed by atoms with Crippen LogP contribution < -0.4 is 0 Å². The molecule has 0 spiro atoms. The van der Waals surface area contributed by atoms with Crippen molar-refractivity contribution < 1.29 is 43.9 Å². The van der Waals surface area contributed by atoms with E-state index in [9.17, 15) is 43.9 Å². The molecule has 7 atom stereocenters. The van der Waals surface area contributed by atoms with Gasteiger partial charge in [-0.3, -0.25) is 0 Å². The van der Waals surface area contributed by atoms with Gasteiger partial charge in [-0.25, -0.2) is 43.9 Å². The van der Waals surface area contributed by atoms with Gasteiger partial charge in [-0.15, -0.1) is 0 Å². The molecule has 0 nitrogen and oxygen atoms in total. The van der Waals surface area contributed by atoms with E-state index in [-0.39, 0.29) is 81.8 Å². The minimum Gasteiger partial charge on any atom is -0.244 e. The molecule has 0 aromatic heterocycles. The van der Waals surface area contributed by atoms with Gasteiger partial charge in [0.2, 0.25) is 0 Å². The van der Waals surface area contributed by atoms with Gasteiger partial charge in [-0.2, -0.15) is 0 Å². The number of halogens is 10. The van der Waals surface area contributed by atoms with Crippen molar-refractivity contribution in [1.82, 2.24) is 0 Å². The summed E-state index contributed by atoms with van der Waals surface area (Å²) in [6, 6.07) is 0. The van der Waals surface area contributed by atoms with Gasteiger partial charge in [0.15, 0.2) is 0 Å². The molecule has 10 heteroatoms. The van der Waals surface area contributed by atoms with Crippen molar-refractivity contribution in [2.45, 2.75) is 564 Å². The second-order valence-electron chi connectivity index (χ2n) is 41.6. The predicted octanol–water partition coefficient (Wildman–Crippen LogP) is 40.0. The first-order valence-corrected chi connectivity index (χ1v) is 48.6. The monoisotopic (exact) mass is 1670 g/mol. The molecular weight excluding hydrogens is 1450 g/mol. The van der Waals surface area contributed by atoms with Crippen molar-refractivity contribution >= 4 is 0 Å². The van der Waals surface area contributed by atoms with E-state index in [1.165, 1.54) is 0 Å². The summed E-state index contributed by atoms with van der Waals surface area (Å²) in [4.78, 5) is 0. The van der Waals surface area contributed by atoms with Crippen molar-refractivity contribution in [2.75, 3.05) is 0 Å². The number of alkyl halides is 10. The van der Waals surface area contributed by atoms with Gasteiger partial charge >= 0.3 is 0 Å². The van der Waals surface area contributed by atoms with Crippen LogP contribution >= 0.6 is 0 Å². The van der Waals surface area contributed by atoms with Crippen LogP contribution in [0.5, 0.6) is 0 Å². The quantitative estimate of drug-likeness (QED) is 0.0534. The molecule has 0 rings (SSSR count). The summed E-state index contributed by atoms with van der Waals surface area (Å²) >= 11 is 0. The highest BCUT2D eigenvalue weighted by Crippen LogP contribution is 2.47. The van der Waals surface area contributed by atoms with E-state index < -0.39 is 56.7 Å². The second kappa shape index (κ2) is 65.0. The third-order valence-corrected chi connectivity index (χ3v) is 29.1. The molecule has 0 radical (unpaired) electrons. The van der Waals surface area contributed by atoms with Crippen molar-refractivity contribution in [3.63, 3.8) is 0 Å². The maximum Gasteiger partial charge on any atom is 0.115 e. The molecule has 0 aliphatic carbocycles. The summed E-state index contributed by atoms with van der Waals surface area (Å²) < 4.78 is 140. The first-order valence-electron chi connectivity index (χ1n) is 48.6. The molecule has 0 saturated carbocycles. The lowest BCUT2D eigenvalue weighted by Crippen LogP contribution is -2.43. The molecule has 0 fully saturated rings. The molecule has 0 aromatic carbocycles. The molecule has 0 bridgehead atoms. The van der Waals surface area contributed by atoms with Crippen LogP contribution in [0.4, 0.5) is 43.9 Å². The fraction of sp³-hybridized carbons (Fsp3) is 1.00. The van der Waals surface area contributed by atoms with Gasteiger partial charge in [-0.1, -0.05) is 374 Å². The van der Waals surface area contributed by atoms with Crippen LogP contribution in [0.1, 0.15) is 508 Å². The van der Waals surface area contributed by atoms with Gasteiger partial charge in [0.25, 0.3) is 0 Å². The summed E-state index contributed by atoms with van der Waals surface area (Å²) in [5, 5.41) is 0. The van der Waals surface area contributed by atoms with Crippen LogP contribution in [-0.2, 0) is 0 Å². The minimum absolute atomic E-state index is 0.0994. The Morgan fingerprint density at radius 2 is 0.426 bits per heavy atom. The third-order valence-electron chi connectivity index (χ3n) is 29.1. The molecule has 710 valence electrons. The highest BCUT2D eigenvalue weighted by Gasteiger charge is 2.46. The molecule has 0 aliphatic rings. The Morgan fingerprint density at radius 3 is 0.574 bits per heavy atom. The first kappa shape index (κ1) is 135. The van der Waals surface area contributed by atoms with Crippen LogP contribution in [0, 0.1) is 117 Å². The first-order chi connectivity index (χ1) is 51.7. The smallest absolute Gasteiger partial charge is 0.115 e. The van der Waals surface area contributed by atoms with Crippen LogP contribution in [0.3, 0.4) is 0 Å². The number of hydrogen-bond donors (Lipinski definition) is 0. The molecule has 0 heterocycles. The van der Waals surface area contributed by atoms with Crippen LogP contribution in [0.2, 0.25) is 0 Å². The summed E-state index contributed by atoms with van der Waals surface area (Å²) in [7, 11) is 0. The van der Waals surface area contributed by atoms with Gasteiger partial charge < -0.3 is 0 Å². The van der Waals surface area contributed by atoms with E-state index in [1.54, 1.807) is 69.2 Å². The Labute approximate surface area is 721 Å². The Kier molecular flexibility index (Phi) is 76.2. The van der Waals surface area contributed by atoms with E-state index in [0.717, 1.165) is 109 Å². The molecule has 0 aliphatic heterocycles. The molecule has 0 amide bonds. The fourth-order valence-corrected chi connectivity index (χ4v) is 18.8. The highest BCUT2D eigenvalue weighted by molar-refractivity contribution is 4.96. The standard InChI is InChI=1S/3C12H25F.3C11H23F.2C10H21F.2C8H17F/c1-8(2)11(9(3)4)12(7,13)10(5)6;1-7-8-12(6,13)11(9(2)3)10(4)5;1-6-10(7-2)12(5,13)11(8-3)9-4;1-7-10(5,8-2)11(6,12)9(3)4;1-7-11(6,12)10(8(2)3)9(4)5;1-6-9-11(5,12)10(4,7-2)8-3;1-6-9(7-2)10(5,11)8(3)4;1-5-8-10(4,11)9(6-2)7-3;1-6(2)8(5,9)7(3)4;1-4-6-8(3,9)7-5-2/h8-11H,1-7H3;9-11H,7-8H2,1-6H3;10-11H,6-9H2,1-5H3;9H,7-8H2,1-6H3;8-10H,7H2,1-6H3;6-9H2,1-5H3;8-9H,6-7H2,1-5H3;9H,5-8H2,1-4H3;6-7H,1-5H3;4-7H2,1-3H3/t2*12-;;3*11-;2*10-;;/m00.00000../s1. The minimum atomic E-state index is -1.05. The van der Waals surface area contributed by atoms with Crippen LogP contribution in [0.25, 0.3) is 0 Å². The van der Waals surface area contributed by atoms with E-state index in [0.29, 0.717) is 74.0 Å². The third kappa shape index (κ3) is 52.0. The number of rotatable bonds is 43. The molecule has 0 N–H and O–H groups in total. The van der Waals surface area contributed by atoms with Crippen molar-refractivity contribution in [2.24, 2.45) is 117 Å². The summed E-state index contributed by atoms with van der Waals surface area (Å²) in [5.74, 6) is 4.60. The van der Waals surface area contributed by atoms with Gasteiger partial charge in [-0.05, 0) is 240 Å². The van der Waals surface area contributed by atoms with Crippen LogP contribution in [0.15, 0.2) is 0 Å². The second-order valence-corrected chi connectivity index (χ2v) is 41.6. The van der Waals surface area contributed by atoms with Crippen molar-refractivity contribution in [1.29, 1.82) is 0 Å². The van der Waals surface area contributed by atoms with E-state index >= 15 is 0 Å². The van der Waals surface area contributed by atoms with Gasteiger partial charge in [0.1, 0.15) is 56.7 Å². The van der Waals surface area contributed by atoms with Crippen LogP contribution in [-0.4, -0.2) is 56.7 Å². The highest BCUT2D eigenvalue weighted by atomic mass is 19.2. The Hall–Kier alpha value is -0.700. The van der Waals surface area contributed by atoms with Crippen molar-refractivity contribution in [3.8, 4) is 0 Å². The summed E-state index contributed by atoms with van der Waals surface area (Å²) in [6.07, 6.45) is 20.2. The maximum atomic E-state index is 14.4. The molecule has 0 unspecified atom stereocenters. The average molecular weight is 1670 g/mol. The molecule has 0 aromatic rings. The zero-order valence-electron chi connectivity index (χ0n) is 88.4. The maximum absolute atomic E-state index is 14.4. The van der Waals surface area contributed by atoms with E-state index in [1.807, 2.05) is 111 Å². The zero-order chi connectivity index (χ0) is 94.7. The van der Waals surface area contributed by atoms with Crippen molar-refractivity contribution in [3.05, 3.63) is 0 Å². The lowest BCUT2D eigenvalue weighted by atomic mass is 9.67. The average Bonchev–Trinajstić information content (AvgIpc) is 0.801. The summed E-state index contributed by atoms with van der Waals surface area (Å²) in [6.45, 7) is 103. The van der Waals surface area contributed by atoms with Gasteiger partial charge in [0.05, 0.1) is 0 Å². The van der Waals surface area contributed by atoms with Gasteiger partial charge in [0, 0.05) is 10.8 Å². The normalized spacial score (nSPS) is 16.2. The van der Waals surface area contributed by atoms with E-state index in [2.05, 4.69) is 180 Å². The lowest BCUT2D eigenvalue weighted by Gasteiger charge is -2.42. The van der Waals surface area contributed by atoms with E-state index in [4.69, 9.17) is 0 Å². The molecule has 115 heavy (non-hydrogen) atoms. The summed E-state index contributed by atoms with van der Waals surface area (Å²) in [5.41, 5.74) is -10.1. The topological polar surface area (TPSA) is 0 Å². The fourth-order valence-electron chi connectivity index (χ4n) is 18.8. The lowest BCUT2D eigenvalue weighted by molar-refractivity contribution is -0.0267. The largest absolute Gasteiger partial charge is 0.244 e. The Bertz CT molecular complexity index is 2050. The Balaban J connectivity index is -0.000000133. The Morgan fingerprint density at radius 1 is 0.200 bits per heavy atom. The SMILES string of the molecule is CC(C)C(C(C)C)[C@@](C)(F)C(C)C.CC(C)C(C)(F)C(C)C.CCC(C)(CC)[C@@](C)(F)C(C)C.CCC(CC)C(C)(F)C(CC)CC.CCC(CC)[C@@](C)(F)C(C)C.CCCC(C)(F)CCC.CCC[C@](C)(F)C(C(C)C)C(C)C.CCC[C@](C)(F)C(C)(CC)CC.CCC[C@](C)(F)C(CC)CC.CC[C@](C)(F)C(C(C)C)C(C)C. The molecular formula is C105H220F10.